The Morgan fingerprint density at radius 3 is 2.56 bits per heavy atom. The van der Waals surface area contributed by atoms with E-state index in [1.54, 1.807) is 0 Å². The van der Waals surface area contributed by atoms with Gasteiger partial charge in [0.2, 0.25) is 0 Å². The highest BCUT2D eigenvalue weighted by atomic mass is 35.5. The molecule has 3 nitrogen and oxygen atoms in total. The van der Waals surface area contributed by atoms with Crippen LogP contribution in [0.2, 0.25) is 5.02 Å². The highest BCUT2D eigenvalue weighted by Crippen LogP contribution is 2.27. The Labute approximate surface area is 93.3 Å². The first kappa shape index (κ1) is 10.8. The number of rotatable bonds is 1. The summed E-state index contributed by atoms with van der Waals surface area (Å²) < 4.78 is 25.8. The van der Waals surface area contributed by atoms with E-state index in [-0.39, 0.29) is 21.5 Å². The zero-order valence-corrected chi connectivity index (χ0v) is 8.42. The molecule has 16 heavy (non-hydrogen) atoms. The molecule has 0 bridgehead atoms. The van der Waals surface area contributed by atoms with Crippen molar-refractivity contribution in [3.63, 3.8) is 0 Å². The minimum absolute atomic E-state index is 0.0699. The zero-order chi connectivity index (χ0) is 11.9. The standard InChI is InChI=1S/C10H4ClF2NO2/c11-9-4-1-6(12)7(13)2-8(4)14-3-5(9)10(15)16/h1-3H,(H,15,16). The molecule has 0 fully saturated rings. The molecular formula is C10H4ClF2NO2. The average Bonchev–Trinajstić information content (AvgIpc) is 2.21. The quantitative estimate of drug-likeness (QED) is 0.838. The van der Waals surface area contributed by atoms with Gasteiger partial charge in [0.1, 0.15) is 0 Å². The van der Waals surface area contributed by atoms with Crippen LogP contribution in [0.1, 0.15) is 10.4 Å². The summed E-state index contributed by atoms with van der Waals surface area (Å²) in [5.74, 6) is -3.43. The van der Waals surface area contributed by atoms with Crippen molar-refractivity contribution in [2.24, 2.45) is 0 Å². The van der Waals surface area contributed by atoms with Crippen LogP contribution in [0.4, 0.5) is 8.78 Å². The summed E-state index contributed by atoms with van der Waals surface area (Å²) in [4.78, 5) is 14.4. The number of benzene rings is 1. The third-order valence-electron chi connectivity index (χ3n) is 2.07. The molecule has 1 aromatic heterocycles. The molecule has 82 valence electrons. The van der Waals surface area contributed by atoms with E-state index >= 15 is 0 Å². The molecule has 0 aliphatic heterocycles. The number of carbonyl (C=O) groups is 1. The lowest BCUT2D eigenvalue weighted by molar-refractivity contribution is 0.0697. The third kappa shape index (κ3) is 1.59. The number of nitrogens with zero attached hydrogens (tertiary/aromatic N) is 1. The molecule has 1 aromatic carbocycles. The van der Waals surface area contributed by atoms with Crippen LogP contribution in [0, 0.1) is 11.6 Å². The molecule has 0 unspecified atom stereocenters. The lowest BCUT2D eigenvalue weighted by Crippen LogP contribution is -1.99. The highest BCUT2D eigenvalue weighted by molar-refractivity contribution is 6.38. The van der Waals surface area contributed by atoms with Crippen LogP contribution in [0.25, 0.3) is 10.9 Å². The molecule has 0 atom stereocenters. The predicted molar refractivity (Wildman–Crippen MR) is 53.6 cm³/mol. The minimum atomic E-state index is -1.27. The molecule has 0 saturated carbocycles. The fraction of sp³-hybridized carbons (Fsp3) is 0. The lowest BCUT2D eigenvalue weighted by atomic mass is 10.1. The number of pyridine rings is 1. The third-order valence-corrected chi connectivity index (χ3v) is 2.48. The van der Waals surface area contributed by atoms with Crippen LogP contribution in [0.3, 0.4) is 0 Å². The average molecular weight is 244 g/mol. The smallest absolute Gasteiger partial charge is 0.338 e. The van der Waals surface area contributed by atoms with Crippen LogP contribution in [0.5, 0.6) is 0 Å². The molecule has 2 rings (SSSR count). The van der Waals surface area contributed by atoms with E-state index in [9.17, 15) is 13.6 Å². The summed E-state index contributed by atoms with van der Waals surface area (Å²) in [6, 6.07) is 1.69. The Morgan fingerprint density at radius 2 is 1.94 bits per heavy atom. The monoisotopic (exact) mass is 243 g/mol. The highest BCUT2D eigenvalue weighted by Gasteiger charge is 2.14. The van der Waals surface area contributed by atoms with E-state index in [1.165, 1.54) is 0 Å². The predicted octanol–water partition coefficient (Wildman–Crippen LogP) is 2.86. The van der Waals surface area contributed by atoms with Gasteiger partial charge in [0.15, 0.2) is 11.6 Å². The summed E-state index contributed by atoms with van der Waals surface area (Å²) >= 11 is 5.75. The molecule has 0 saturated heterocycles. The van der Waals surface area contributed by atoms with Crippen molar-refractivity contribution < 1.29 is 18.7 Å². The van der Waals surface area contributed by atoms with E-state index in [2.05, 4.69) is 4.98 Å². The normalized spacial score (nSPS) is 10.7. The molecule has 1 heterocycles. The van der Waals surface area contributed by atoms with Gasteiger partial charge in [-0.25, -0.2) is 13.6 Å². The first-order chi connectivity index (χ1) is 7.50. The maximum Gasteiger partial charge on any atom is 0.338 e. The van der Waals surface area contributed by atoms with Crippen LogP contribution in [0.15, 0.2) is 18.3 Å². The van der Waals surface area contributed by atoms with Crippen LogP contribution in [-0.4, -0.2) is 16.1 Å². The number of halogens is 3. The topological polar surface area (TPSA) is 50.2 Å². The molecular weight excluding hydrogens is 240 g/mol. The summed E-state index contributed by atoms with van der Waals surface area (Å²) in [5.41, 5.74) is -0.144. The van der Waals surface area contributed by atoms with Gasteiger partial charge in [-0.05, 0) is 6.07 Å². The number of fused-ring (bicyclic) bond motifs is 1. The summed E-state index contributed by atoms with van der Waals surface area (Å²) in [7, 11) is 0. The molecule has 0 aliphatic rings. The van der Waals surface area contributed by atoms with Gasteiger partial charge in [-0.2, -0.15) is 0 Å². The molecule has 1 N–H and O–H groups in total. The van der Waals surface area contributed by atoms with Crippen molar-refractivity contribution in [2.45, 2.75) is 0 Å². The van der Waals surface area contributed by atoms with E-state index in [0.717, 1.165) is 18.3 Å². The maximum atomic E-state index is 13.0. The van der Waals surface area contributed by atoms with Crippen molar-refractivity contribution in [2.75, 3.05) is 0 Å². The number of hydrogen-bond donors (Lipinski definition) is 1. The van der Waals surface area contributed by atoms with Crippen molar-refractivity contribution in [3.8, 4) is 0 Å². The van der Waals surface area contributed by atoms with Crippen LogP contribution in [-0.2, 0) is 0 Å². The molecule has 6 heteroatoms. The number of carboxylic acids is 1. The second kappa shape index (κ2) is 3.68. The van der Waals surface area contributed by atoms with Gasteiger partial charge in [-0.3, -0.25) is 4.98 Å². The van der Waals surface area contributed by atoms with Gasteiger partial charge in [0.25, 0.3) is 0 Å². The van der Waals surface area contributed by atoms with E-state index in [0.29, 0.717) is 0 Å². The van der Waals surface area contributed by atoms with Gasteiger partial charge >= 0.3 is 5.97 Å². The van der Waals surface area contributed by atoms with Crippen molar-refractivity contribution in [1.29, 1.82) is 0 Å². The Morgan fingerprint density at radius 1 is 1.31 bits per heavy atom. The number of aromatic nitrogens is 1. The van der Waals surface area contributed by atoms with Gasteiger partial charge < -0.3 is 5.11 Å². The summed E-state index contributed by atoms with van der Waals surface area (Å²) in [6.45, 7) is 0. The number of carboxylic acid groups (broad SMARTS) is 1. The SMILES string of the molecule is O=C(O)c1cnc2cc(F)c(F)cc2c1Cl. The van der Waals surface area contributed by atoms with Crippen molar-refractivity contribution in [3.05, 3.63) is 40.6 Å². The van der Waals surface area contributed by atoms with E-state index in [1.807, 2.05) is 0 Å². The van der Waals surface area contributed by atoms with Gasteiger partial charge in [0, 0.05) is 17.6 Å². The molecule has 2 aromatic rings. The fourth-order valence-corrected chi connectivity index (χ4v) is 1.58. The second-order valence-electron chi connectivity index (χ2n) is 3.07. The minimum Gasteiger partial charge on any atom is -0.478 e. The molecule has 0 radical (unpaired) electrons. The van der Waals surface area contributed by atoms with Gasteiger partial charge in [0.05, 0.1) is 16.1 Å². The van der Waals surface area contributed by atoms with Crippen molar-refractivity contribution >= 4 is 28.5 Å². The summed E-state index contributed by atoms with van der Waals surface area (Å²) in [6.07, 6.45) is 1.00. The largest absolute Gasteiger partial charge is 0.478 e. The first-order valence-corrected chi connectivity index (χ1v) is 4.55. The molecule has 0 spiro atoms. The van der Waals surface area contributed by atoms with Gasteiger partial charge in [-0.15, -0.1) is 0 Å². The van der Waals surface area contributed by atoms with Gasteiger partial charge in [-0.1, -0.05) is 11.6 Å². The van der Waals surface area contributed by atoms with Crippen LogP contribution >= 0.6 is 11.6 Å². The van der Waals surface area contributed by atoms with Crippen LogP contribution < -0.4 is 0 Å². The Balaban J connectivity index is 2.84. The van der Waals surface area contributed by atoms with Crippen molar-refractivity contribution in [1.82, 2.24) is 4.98 Å². The van der Waals surface area contributed by atoms with E-state index in [4.69, 9.17) is 16.7 Å². The second-order valence-corrected chi connectivity index (χ2v) is 3.45. The Kier molecular flexibility index (Phi) is 2.47. The number of aromatic carboxylic acids is 1. The molecule has 0 amide bonds. The summed E-state index contributed by atoms with van der Waals surface area (Å²) in [5, 5.41) is 8.67. The maximum absolute atomic E-state index is 13.0. The Bertz CT molecular complexity index is 601. The fourth-order valence-electron chi connectivity index (χ4n) is 1.30. The molecule has 0 aliphatic carbocycles. The number of hydrogen-bond acceptors (Lipinski definition) is 2. The van der Waals surface area contributed by atoms with E-state index < -0.39 is 17.6 Å². The lowest BCUT2D eigenvalue weighted by Gasteiger charge is -2.03. The first-order valence-electron chi connectivity index (χ1n) is 4.17. The zero-order valence-electron chi connectivity index (χ0n) is 7.67. The Hall–Kier alpha value is -1.75.